The van der Waals surface area contributed by atoms with Crippen LogP contribution in [0.3, 0.4) is 0 Å². The van der Waals surface area contributed by atoms with Crippen LogP contribution >= 0.6 is 0 Å². The lowest BCUT2D eigenvalue weighted by Crippen LogP contribution is -2.15. The van der Waals surface area contributed by atoms with E-state index in [9.17, 15) is 8.42 Å². The van der Waals surface area contributed by atoms with Gasteiger partial charge in [-0.3, -0.25) is 4.55 Å². The molecule has 0 fully saturated rings. The minimum Gasteiger partial charge on any atom is -0.399 e. The van der Waals surface area contributed by atoms with Crippen molar-refractivity contribution in [2.75, 3.05) is 18.9 Å². The molecule has 6 N–H and O–H groups in total. The fourth-order valence-electron chi connectivity index (χ4n) is 0.698. The minimum atomic E-state index is -4.08. The topological polar surface area (TPSA) is 141 Å². The molecular formula is C9H15NO6S. The van der Waals surface area contributed by atoms with Gasteiger partial charge in [-0.15, -0.1) is 0 Å². The van der Waals surface area contributed by atoms with Crippen molar-refractivity contribution in [2.45, 2.75) is 11.0 Å². The first-order chi connectivity index (χ1) is 7.81. The molecule has 1 aromatic rings. The van der Waals surface area contributed by atoms with E-state index in [1.165, 1.54) is 24.3 Å². The second-order valence-electron chi connectivity index (χ2n) is 3.06. The molecule has 0 aliphatic heterocycles. The van der Waals surface area contributed by atoms with Crippen molar-refractivity contribution in [1.82, 2.24) is 0 Å². The highest BCUT2D eigenvalue weighted by atomic mass is 32.2. The van der Waals surface area contributed by atoms with Crippen molar-refractivity contribution in [3.05, 3.63) is 24.3 Å². The molecule has 0 aromatic heterocycles. The first-order valence-corrected chi connectivity index (χ1v) is 5.98. The van der Waals surface area contributed by atoms with Gasteiger partial charge in [-0.25, -0.2) is 0 Å². The number of aliphatic hydroxyl groups is 3. The Balaban J connectivity index is 0.000000366. The number of nitrogen functional groups attached to an aromatic ring is 1. The van der Waals surface area contributed by atoms with Gasteiger partial charge in [0.2, 0.25) is 0 Å². The molecule has 0 aliphatic carbocycles. The van der Waals surface area contributed by atoms with Crippen LogP contribution in [0.4, 0.5) is 5.69 Å². The molecule has 98 valence electrons. The summed E-state index contributed by atoms with van der Waals surface area (Å²) in [6.45, 7) is -0.729. The summed E-state index contributed by atoms with van der Waals surface area (Å²) < 4.78 is 29.4. The first-order valence-electron chi connectivity index (χ1n) is 4.54. The van der Waals surface area contributed by atoms with Crippen LogP contribution in [-0.4, -0.2) is 47.6 Å². The van der Waals surface area contributed by atoms with Crippen LogP contribution in [0.2, 0.25) is 0 Å². The van der Waals surface area contributed by atoms with Gasteiger partial charge in [-0.05, 0) is 24.3 Å². The Morgan fingerprint density at radius 3 is 1.76 bits per heavy atom. The van der Waals surface area contributed by atoms with E-state index < -0.39 is 16.2 Å². The molecule has 0 saturated carbocycles. The van der Waals surface area contributed by atoms with Crippen LogP contribution in [0, 0.1) is 0 Å². The van der Waals surface area contributed by atoms with Crippen LogP contribution in [-0.2, 0) is 10.1 Å². The van der Waals surface area contributed by atoms with E-state index >= 15 is 0 Å². The van der Waals surface area contributed by atoms with E-state index in [4.69, 9.17) is 25.6 Å². The van der Waals surface area contributed by atoms with Crippen LogP contribution in [0.15, 0.2) is 29.2 Å². The standard InChI is InChI=1S/C6H7NO3S.C3H8O3/c7-5-1-3-6(4-2-5)11(8,9)10;4-1-3(6)2-5/h1-4H,7H2,(H,8,9,10);3-6H,1-2H2. The summed E-state index contributed by atoms with van der Waals surface area (Å²) in [5.74, 6) is 0. The normalized spacial score (nSPS) is 10.9. The number of nitrogens with two attached hydrogens (primary N) is 1. The number of anilines is 1. The number of hydrogen-bond acceptors (Lipinski definition) is 6. The molecule has 0 atom stereocenters. The molecule has 1 rings (SSSR count). The Kier molecular flexibility index (Phi) is 6.69. The van der Waals surface area contributed by atoms with Gasteiger partial charge < -0.3 is 21.1 Å². The van der Waals surface area contributed by atoms with E-state index in [0.717, 1.165) is 0 Å². The highest BCUT2D eigenvalue weighted by Crippen LogP contribution is 2.10. The van der Waals surface area contributed by atoms with Gasteiger partial charge in [-0.2, -0.15) is 8.42 Å². The van der Waals surface area contributed by atoms with Gasteiger partial charge >= 0.3 is 0 Å². The van der Waals surface area contributed by atoms with Crippen molar-refractivity contribution < 1.29 is 28.3 Å². The monoisotopic (exact) mass is 265 g/mol. The molecule has 0 amide bonds. The zero-order chi connectivity index (χ0) is 13.5. The Bertz CT molecular complexity index is 412. The zero-order valence-electron chi connectivity index (χ0n) is 8.89. The highest BCUT2D eigenvalue weighted by molar-refractivity contribution is 7.85. The van der Waals surface area contributed by atoms with Gasteiger partial charge in [0.1, 0.15) is 6.10 Å². The number of aliphatic hydroxyl groups excluding tert-OH is 3. The van der Waals surface area contributed by atoms with Crippen molar-refractivity contribution >= 4 is 15.8 Å². The maximum absolute atomic E-state index is 10.5. The molecule has 7 nitrogen and oxygen atoms in total. The molecule has 0 bridgehead atoms. The fraction of sp³-hybridized carbons (Fsp3) is 0.333. The fourth-order valence-corrected chi connectivity index (χ4v) is 1.18. The highest BCUT2D eigenvalue weighted by Gasteiger charge is 2.06. The lowest BCUT2D eigenvalue weighted by Gasteiger charge is -1.96. The van der Waals surface area contributed by atoms with Crippen molar-refractivity contribution in [2.24, 2.45) is 0 Å². The molecule has 0 saturated heterocycles. The molecule has 0 aliphatic rings. The van der Waals surface area contributed by atoms with Gasteiger partial charge in [0.15, 0.2) is 0 Å². The largest absolute Gasteiger partial charge is 0.399 e. The molecule has 0 radical (unpaired) electrons. The van der Waals surface area contributed by atoms with Crippen molar-refractivity contribution in [1.29, 1.82) is 0 Å². The predicted octanol–water partition coefficient (Wildman–Crippen LogP) is -1.15. The third kappa shape index (κ3) is 6.87. The third-order valence-corrected chi connectivity index (χ3v) is 2.47. The quantitative estimate of drug-likeness (QED) is 0.343. The minimum absolute atomic E-state index is 0.147. The van der Waals surface area contributed by atoms with Gasteiger partial charge in [0, 0.05) is 5.69 Å². The van der Waals surface area contributed by atoms with E-state index in [1.807, 2.05) is 0 Å². The van der Waals surface area contributed by atoms with Crippen LogP contribution < -0.4 is 5.73 Å². The van der Waals surface area contributed by atoms with Gasteiger partial charge in [0.25, 0.3) is 10.1 Å². The SMILES string of the molecule is Nc1ccc(S(=O)(=O)O)cc1.OCC(O)CO. The van der Waals surface area contributed by atoms with Crippen molar-refractivity contribution in [3.8, 4) is 0 Å². The average Bonchev–Trinajstić information content (AvgIpc) is 2.28. The Morgan fingerprint density at radius 1 is 1.12 bits per heavy atom. The smallest absolute Gasteiger partial charge is 0.294 e. The Hall–Kier alpha value is -1.19. The molecule has 8 heteroatoms. The van der Waals surface area contributed by atoms with Gasteiger partial charge in [0.05, 0.1) is 18.1 Å². The summed E-state index contributed by atoms with van der Waals surface area (Å²) in [7, 11) is -4.08. The van der Waals surface area contributed by atoms with Crippen molar-refractivity contribution in [3.63, 3.8) is 0 Å². The molecule has 1 aromatic carbocycles. The van der Waals surface area contributed by atoms with Crippen LogP contribution in [0.5, 0.6) is 0 Å². The average molecular weight is 265 g/mol. The lowest BCUT2D eigenvalue weighted by atomic mass is 10.3. The van der Waals surface area contributed by atoms with Crippen LogP contribution in [0.1, 0.15) is 0 Å². The summed E-state index contributed by atoms with van der Waals surface area (Å²) >= 11 is 0. The molecule has 0 spiro atoms. The third-order valence-electron chi connectivity index (χ3n) is 1.60. The number of hydrogen-bond donors (Lipinski definition) is 5. The summed E-state index contributed by atoms with van der Waals surface area (Å²) in [6, 6.07) is 5.29. The molecule has 17 heavy (non-hydrogen) atoms. The Morgan fingerprint density at radius 2 is 1.53 bits per heavy atom. The summed E-state index contributed by atoms with van der Waals surface area (Å²) in [5.41, 5.74) is 5.75. The van der Waals surface area contributed by atoms with E-state index in [-0.39, 0.29) is 18.1 Å². The summed E-state index contributed by atoms with van der Waals surface area (Å²) in [4.78, 5) is -0.147. The molecular weight excluding hydrogens is 250 g/mol. The maximum Gasteiger partial charge on any atom is 0.294 e. The van der Waals surface area contributed by atoms with E-state index in [2.05, 4.69) is 0 Å². The first kappa shape index (κ1) is 15.8. The second kappa shape index (κ2) is 7.20. The Labute approximate surface area is 98.9 Å². The summed E-state index contributed by atoms with van der Waals surface area (Å²) in [5, 5.41) is 24.0. The number of rotatable bonds is 3. The molecule has 0 heterocycles. The second-order valence-corrected chi connectivity index (χ2v) is 4.48. The van der Waals surface area contributed by atoms with Gasteiger partial charge in [-0.1, -0.05) is 0 Å². The van der Waals surface area contributed by atoms with E-state index in [1.54, 1.807) is 0 Å². The zero-order valence-corrected chi connectivity index (χ0v) is 9.71. The van der Waals surface area contributed by atoms with Crippen LogP contribution in [0.25, 0.3) is 0 Å². The van der Waals surface area contributed by atoms with E-state index in [0.29, 0.717) is 5.69 Å². The summed E-state index contributed by atoms with van der Waals surface area (Å²) in [6.07, 6.45) is -0.954. The predicted molar refractivity (Wildman–Crippen MR) is 60.8 cm³/mol. The number of benzene rings is 1. The maximum atomic E-state index is 10.5. The lowest BCUT2D eigenvalue weighted by molar-refractivity contribution is 0.0450. The molecule has 0 unspecified atom stereocenters.